The summed E-state index contributed by atoms with van der Waals surface area (Å²) >= 11 is 0. The Labute approximate surface area is 341 Å². The van der Waals surface area contributed by atoms with E-state index in [2.05, 4.69) is 65.8 Å². The summed E-state index contributed by atoms with van der Waals surface area (Å²) in [5, 5.41) is 24.4. The summed E-state index contributed by atoms with van der Waals surface area (Å²) in [6.07, 6.45) is 8.60. The molecule has 0 aliphatic heterocycles. The minimum Gasteiger partial charge on any atom is -0.507 e. The number of hydrogen-bond donors (Lipinski definition) is 2. The largest absolute Gasteiger partial charge is 0.507 e. The van der Waals surface area contributed by atoms with Crippen molar-refractivity contribution in [1.82, 2.24) is 0 Å². The standard InChI is InChI=1S/C50H54N2O6/c1-49(2,3)41-23-37-19-33-15-31(27-51-29-43-11-9-13-57-43)17-35(45(33)53)21-39-25-42(50(4,5)6)26-40(48(39)56-8)22-36-18-32(28-52-30-44-12-10-14-58-44)16-34(46(36)54)20-38(24-41)47(37)55-7/h9-18,23-28,53-54H,19-22,29-30H2,1-8H3. The molecule has 8 heteroatoms. The lowest BCUT2D eigenvalue weighted by Crippen LogP contribution is -2.14. The van der Waals surface area contributed by atoms with Crippen LogP contribution in [0.4, 0.5) is 0 Å². The molecule has 0 fully saturated rings. The molecule has 58 heavy (non-hydrogen) atoms. The molecular weight excluding hydrogens is 725 g/mol. The van der Waals surface area contributed by atoms with E-state index < -0.39 is 0 Å². The number of methoxy groups -OCH3 is 2. The zero-order valence-corrected chi connectivity index (χ0v) is 34.9. The maximum absolute atomic E-state index is 12.2. The summed E-state index contributed by atoms with van der Waals surface area (Å²) in [5.41, 5.74) is 10.4. The van der Waals surface area contributed by atoms with Crippen LogP contribution in [0.25, 0.3) is 0 Å². The molecule has 2 aromatic heterocycles. The SMILES string of the molecule is COc1c2cc(C(C)(C)C)cc1Cc1cc(C=NCc3ccco3)cc(c1O)Cc1cc(C(C)(C)C)cc(c1OC)Cc1cc(C=NCc3ccco3)cc(c1O)C2. The molecule has 0 amide bonds. The lowest BCUT2D eigenvalue weighted by atomic mass is 9.81. The van der Waals surface area contributed by atoms with Gasteiger partial charge in [-0.25, -0.2) is 0 Å². The Balaban J connectivity index is 1.47. The first-order chi connectivity index (χ1) is 27.7. The van der Waals surface area contributed by atoms with E-state index in [1.54, 1.807) is 26.7 Å². The predicted molar refractivity (Wildman–Crippen MR) is 231 cm³/mol. The van der Waals surface area contributed by atoms with Crippen LogP contribution in [0, 0.1) is 0 Å². The molecule has 0 spiro atoms. The molecule has 8 nitrogen and oxygen atoms in total. The highest BCUT2D eigenvalue weighted by Crippen LogP contribution is 2.42. The average Bonchev–Trinajstić information content (AvgIpc) is 3.89. The van der Waals surface area contributed by atoms with Crippen LogP contribution in [-0.4, -0.2) is 36.9 Å². The number of phenols is 2. The zero-order chi connectivity index (χ0) is 41.2. The second-order valence-electron chi connectivity index (χ2n) is 17.3. The number of fused-ring (bicyclic) bond motifs is 8. The summed E-state index contributed by atoms with van der Waals surface area (Å²) in [6.45, 7) is 14.0. The average molecular weight is 779 g/mol. The van der Waals surface area contributed by atoms with E-state index in [-0.39, 0.29) is 22.3 Å². The minimum absolute atomic E-state index is 0.193. The molecular formula is C50H54N2O6. The lowest BCUT2D eigenvalue weighted by Gasteiger charge is -2.26. The Hall–Kier alpha value is -6.02. The number of nitrogens with zero attached hydrogens (tertiary/aromatic N) is 2. The normalized spacial score (nSPS) is 13.4. The molecule has 0 atom stereocenters. The van der Waals surface area contributed by atoms with Crippen LogP contribution < -0.4 is 9.47 Å². The van der Waals surface area contributed by atoms with Gasteiger partial charge in [0.25, 0.3) is 0 Å². The predicted octanol–water partition coefficient (Wildman–Crippen LogP) is 10.8. The summed E-state index contributed by atoms with van der Waals surface area (Å²) in [5.74, 6) is 3.44. The molecule has 0 radical (unpaired) electrons. The quantitative estimate of drug-likeness (QED) is 0.149. The highest BCUT2D eigenvalue weighted by atomic mass is 16.5. The van der Waals surface area contributed by atoms with Gasteiger partial charge in [0.15, 0.2) is 0 Å². The Bertz CT molecular complexity index is 2190. The van der Waals surface area contributed by atoms with Gasteiger partial charge in [0, 0.05) is 38.1 Å². The van der Waals surface area contributed by atoms with Gasteiger partial charge in [0.1, 0.15) is 34.5 Å². The Morgan fingerprint density at radius 2 is 0.862 bits per heavy atom. The van der Waals surface area contributed by atoms with E-state index in [0.717, 1.165) is 89.8 Å². The van der Waals surface area contributed by atoms with Crippen molar-refractivity contribution in [3.05, 3.63) is 164 Å². The summed E-state index contributed by atoms with van der Waals surface area (Å²) in [7, 11) is 3.38. The second-order valence-corrected chi connectivity index (χ2v) is 17.3. The van der Waals surface area contributed by atoms with E-state index in [1.165, 1.54) is 0 Å². The first kappa shape index (κ1) is 40.2. The fourth-order valence-electron chi connectivity index (χ4n) is 7.79. The van der Waals surface area contributed by atoms with Crippen LogP contribution in [-0.2, 0) is 49.6 Å². The monoisotopic (exact) mass is 778 g/mol. The number of benzene rings is 4. The molecule has 4 aromatic carbocycles. The third kappa shape index (κ3) is 8.91. The van der Waals surface area contributed by atoms with E-state index in [0.29, 0.717) is 38.8 Å². The van der Waals surface area contributed by atoms with Crippen LogP contribution in [0.2, 0.25) is 0 Å². The first-order valence-corrected chi connectivity index (χ1v) is 19.8. The molecule has 1 aliphatic carbocycles. The molecule has 8 bridgehead atoms. The smallest absolute Gasteiger partial charge is 0.125 e. The Morgan fingerprint density at radius 1 is 0.534 bits per heavy atom. The summed E-state index contributed by atoms with van der Waals surface area (Å²) in [6, 6.07) is 24.3. The maximum Gasteiger partial charge on any atom is 0.125 e. The molecule has 300 valence electrons. The third-order valence-corrected chi connectivity index (χ3v) is 10.9. The van der Waals surface area contributed by atoms with Gasteiger partial charge in [0.05, 0.1) is 39.8 Å². The van der Waals surface area contributed by atoms with Crippen LogP contribution in [0.3, 0.4) is 0 Å². The molecule has 7 rings (SSSR count). The fraction of sp³-hybridized carbons (Fsp3) is 0.320. The number of phenolic OH excluding ortho intramolecular Hbond substituents is 2. The van der Waals surface area contributed by atoms with Gasteiger partial charge in [0.2, 0.25) is 0 Å². The second kappa shape index (κ2) is 16.5. The summed E-state index contributed by atoms with van der Waals surface area (Å²) in [4.78, 5) is 9.43. The topological polar surface area (TPSA) is 110 Å². The lowest BCUT2D eigenvalue weighted by molar-refractivity contribution is 0.403. The van der Waals surface area contributed by atoms with Crippen molar-refractivity contribution in [2.45, 2.75) is 91.1 Å². The molecule has 0 saturated carbocycles. The molecule has 0 unspecified atom stereocenters. The zero-order valence-electron chi connectivity index (χ0n) is 34.9. The van der Waals surface area contributed by atoms with Crippen molar-refractivity contribution in [2.75, 3.05) is 14.2 Å². The van der Waals surface area contributed by atoms with Crippen molar-refractivity contribution in [1.29, 1.82) is 0 Å². The third-order valence-electron chi connectivity index (χ3n) is 10.9. The molecule has 0 saturated heterocycles. The number of furan rings is 2. The van der Waals surface area contributed by atoms with Crippen LogP contribution >= 0.6 is 0 Å². The van der Waals surface area contributed by atoms with Crippen molar-refractivity contribution in [3.8, 4) is 23.0 Å². The van der Waals surface area contributed by atoms with Crippen LogP contribution in [0.5, 0.6) is 23.0 Å². The van der Waals surface area contributed by atoms with Gasteiger partial charge in [-0.05, 0) is 126 Å². The molecule has 2 heterocycles. The number of aromatic hydroxyl groups is 2. The van der Waals surface area contributed by atoms with Crippen molar-refractivity contribution in [3.63, 3.8) is 0 Å². The number of hydrogen-bond acceptors (Lipinski definition) is 8. The van der Waals surface area contributed by atoms with Gasteiger partial charge in [-0.3, -0.25) is 9.98 Å². The van der Waals surface area contributed by atoms with Crippen LogP contribution in [0.15, 0.2) is 104 Å². The maximum atomic E-state index is 12.2. The van der Waals surface area contributed by atoms with E-state index >= 15 is 0 Å². The number of aliphatic imine (C=N–C) groups is 2. The van der Waals surface area contributed by atoms with Gasteiger partial charge >= 0.3 is 0 Å². The first-order valence-electron chi connectivity index (χ1n) is 19.8. The highest BCUT2D eigenvalue weighted by molar-refractivity contribution is 5.82. The number of rotatable bonds is 8. The van der Waals surface area contributed by atoms with Gasteiger partial charge in [-0.1, -0.05) is 65.8 Å². The molecule has 2 N–H and O–H groups in total. The molecule has 6 aromatic rings. The van der Waals surface area contributed by atoms with E-state index in [1.807, 2.05) is 61.0 Å². The summed E-state index contributed by atoms with van der Waals surface area (Å²) < 4.78 is 23.6. The van der Waals surface area contributed by atoms with E-state index in [4.69, 9.17) is 28.3 Å². The van der Waals surface area contributed by atoms with Crippen LogP contribution in [0.1, 0.15) is 120 Å². The van der Waals surface area contributed by atoms with Gasteiger partial charge < -0.3 is 28.5 Å². The minimum atomic E-state index is -0.193. The van der Waals surface area contributed by atoms with E-state index in [9.17, 15) is 10.2 Å². The van der Waals surface area contributed by atoms with Gasteiger partial charge in [-0.15, -0.1) is 0 Å². The van der Waals surface area contributed by atoms with Gasteiger partial charge in [-0.2, -0.15) is 0 Å². The number of ether oxygens (including phenoxy) is 2. The Morgan fingerprint density at radius 3 is 1.12 bits per heavy atom. The van der Waals surface area contributed by atoms with Crippen molar-refractivity contribution >= 4 is 12.4 Å². The highest BCUT2D eigenvalue weighted by Gasteiger charge is 2.26. The fourth-order valence-corrected chi connectivity index (χ4v) is 7.79. The molecule has 1 aliphatic rings. The Kier molecular flexibility index (Phi) is 11.4. The van der Waals surface area contributed by atoms with Crippen molar-refractivity contribution < 1.29 is 28.5 Å². The van der Waals surface area contributed by atoms with Crippen molar-refractivity contribution in [2.24, 2.45) is 9.98 Å².